The van der Waals surface area contributed by atoms with Gasteiger partial charge in [0.1, 0.15) is 18.3 Å². The Morgan fingerprint density at radius 2 is 2.00 bits per heavy atom. The van der Waals surface area contributed by atoms with Crippen LogP contribution in [0.2, 0.25) is 0 Å². The van der Waals surface area contributed by atoms with Gasteiger partial charge >= 0.3 is 5.97 Å². The van der Waals surface area contributed by atoms with Gasteiger partial charge in [-0.2, -0.15) is 0 Å². The molecule has 1 aliphatic heterocycles. The van der Waals surface area contributed by atoms with E-state index in [1.165, 1.54) is 31.4 Å². The zero-order valence-corrected chi connectivity index (χ0v) is 13.3. The first kappa shape index (κ1) is 19.2. The van der Waals surface area contributed by atoms with Crippen molar-refractivity contribution < 1.29 is 44.5 Å². The lowest BCUT2D eigenvalue weighted by Gasteiger charge is -2.39. The van der Waals surface area contributed by atoms with Crippen LogP contribution in [0.1, 0.15) is 5.56 Å². The summed E-state index contributed by atoms with van der Waals surface area (Å²) in [6, 6.07) is 4.41. The number of hydrogen-bond acceptors (Lipinski definition) is 9. The molecule has 5 atom stereocenters. The van der Waals surface area contributed by atoms with E-state index in [0.29, 0.717) is 5.56 Å². The maximum atomic E-state index is 11.9. The molecule has 0 unspecified atom stereocenters. The summed E-state index contributed by atoms with van der Waals surface area (Å²) >= 11 is 0. The standard InChI is InChI=1S/C16H20O9/c1-23-10-6-8(2-4-9(10)18)3-5-12(19)25-15-14(21)13(20)11(7-17)24-16(15)22/h2-6,11,13-18,20-22H,7H2,1H3/b5-3+/t11-,13-,14+,15-,16-/m1/s1. The van der Waals surface area contributed by atoms with Crippen molar-refractivity contribution in [2.24, 2.45) is 0 Å². The van der Waals surface area contributed by atoms with Crippen LogP contribution in [-0.2, 0) is 14.3 Å². The van der Waals surface area contributed by atoms with Gasteiger partial charge in [0.05, 0.1) is 13.7 Å². The molecule has 138 valence electrons. The van der Waals surface area contributed by atoms with Crippen LogP contribution in [0.25, 0.3) is 6.08 Å². The topological polar surface area (TPSA) is 146 Å². The third kappa shape index (κ3) is 4.47. The Morgan fingerprint density at radius 3 is 2.64 bits per heavy atom. The van der Waals surface area contributed by atoms with Gasteiger partial charge in [-0.3, -0.25) is 0 Å². The number of aliphatic hydroxyl groups excluding tert-OH is 4. The minimum atomic E-state index is -1.69. The summed E-state index contributed by atoms with van der Waals surface area (Å²) in [6.07, 6.45) is -5.11. The molecule has 0 aliphatic carbocycles. The number of phenols is 1. The molecule has 5 N–H and O–H groups in total. The number of hydrogen-bond donors (Lipinski definition) is 5. The van der Waals surface area contributed by atoms with Gasteiger partial charge in [-0.1, -0.05) is 6.07 Å². The number of aliphatic hydroxyl groups is 4. The van der Waals surface area contributed by atoms with Gasteiger partial charge < -0.3 is 39.7 Å². The molecule has 0 radical (unpaired) electrons. The van der Waals surface area contributed by atoms with Crippen molar-refractivity contribution in [3.8, 4) is 11.5 Å². The molecule has 1 aromatic carbocycles. The van der Waals surface area contributed by atoms with E-state index >= 15 is 0 Å². The van der Waals surface area contributed by atoms with Crippen molar-refractivity contribution in [2.45, 2.75) is 30.7 Å². The highest BCUT2D eigenvalue weighted by molar-refractivity contribution is 5.87. The number of esters is 1. The Hall–Kier alpha value is -2.17. The van der Waals surface area contributed by atoms with E-state index in [-0.39, 0.29) is 11.5 Å². The normalized spacial score (nSPS) is 29.6. The van der Waals surface area contributed by atoms with Crippen molar-refractivity contribution in [3.05, 3.63) is 29.8 Å². The molecule has 0 spiro atoms. The lowest BCUT2D eigenvalue weighted by atomic mass is 9.99. The summed E-state index contributed by atoms with van der Waals surface area (Å²) in [5.74, 6) is -0.728. The van der Waals surface area contributed by atoms with Crippen LogP contribution < -0.4 is 4.74 Å². The zero-order valence-electron chi connectivity index (χ0n) is 13.3. The van der Waals surface area contributed by atoms with E-state index in [1.54, 1.807) is 0 Å². The molecule has 2 rings (SSSR count). The van der Waals surface area contributed by atoms with Crippen LogP contribution in [0.15, 0.2) is 24.3 Å². The van der Waals surface area contributed by atoms with Crippen LogP contribution in [0.3, 0.4) is 0 Å². The Kier molecular flexibility index (Phi) is 6.34. The predicted molar refractivity (Wildman–Crippen MR) is 83.6 cm³/mol. The molecule has 1 fully saturated rings. The molecule has 9 nitrogen and oxygen atoms in total. The van der Waals surface area contributed by atoms with Gasteiger partial charge in [-0.15, -0.1) is 0 Å². The molecule has 0 aromatic heterocycles. The number of carbonyl (C=O) groups is 1. The first-order chi connectivity index (χ1) is 11.9. The van der Waals surface area contributed by atoms with E-state index in [2.05, 4.69) is 0 Å². The fourth-order valence-corrected chi connectivity index (χ4v) is 2.33. The lowest BCUT2D eigenvalue weighted by Crippen LogP contribution is -2.59. The van der Waals surface area contributed by atoms with Gasteiger partial charge in [0.25, 0.3) is 0 Å². The quantitative estimate of drug-likeness (QED) is 0.323. The Morgan fingerprint density at radius 1 is 1.28 bits per heavy atom. The summed E-state index contributed by atoms with van der Waals surface area (Å²) in [5, 5.41) is 47.9. The Labute approximate surface area is 143 Å². The monoisotopic (exact) mass is 356 g/mol. The molecular formula is C16H20O9. The maximum absolute atomic E-state index is 11.9. The molecule has 0 bridgehead atoms. The average molecular weight is 356 g/mol. The summed E-state index contributed by atoms with van der Waals surface area (Å²) in [5.41, 5.74) is 0.535. The van der Waals surface area contributed by atoms with E-state index in [9.17, 15) is 25.2 Å². The van der Waals surface area contributed by atoms with Gasteiger partial charge in [0.15, 0.2) is 23.9 Å². The molecule has 25 heavy (non-hydrogen) atoms. The van der Waals surface area contributed by atoms with Crippen molar-refractivity contribution >= 4 is 12.0 Å². The van der Waals surface area contributed by atoms with E-state index in [1.807, 2.05) is 0 Å². The zero-order chi connectivity index (χ0) is 18.6. The fourth-order valence-electron chi connectivity index (χ4n) is 2.33. The first-order valence-corrected chi connectivity index (χ1v) is 7.43. The summed E-state index contributed by atoms with van der Waals surface area (Å²) in [6.45, 7) is -0.613. The van der Waals surface area contributed by atoms with Crippen LogP contribution in [0, 0.1) is 0 Å². The number of phenolic OH excluding ortho intramolecular Hbond substituents is 1. The second-order valence-corrected chi connectivity index (χ2v) is 5.39. The average Bonchev–Trinajstić information content (AvgIpc) is 2.61. The van der Waals surface area contributed by atoms with Crippen LogP contribution in [0.4, 0.5) is 0 Å². The number of methoxy groups -OCH3 is 1. The fraction of sp³-hybridized carbons (Fsp3) is 0.438. The van der Waals surface area contributed by atoms with E-state index in [0.717, 1.165) is 6.08 Å². The minimum Gasteiger partial charge on any atom is -0.504 e. The third-order valence-corrected chi connectivity index (χ3v) is 3.71. The molecule has 1 heterocycles. The van der Waals surface area contributed by atoms with Crippen LogP contribution >= 0.6 is 0 Å². The largest absolute Gasteiger partial charge is 0.504 e. The van der Waals surface area contributed by atoms with Crippen molar-refractivity contribution in [1.82, 2.24) is 0 Å². The van der Waals surface area contributed by atoms with Gasteiger partial charge in [0.2, 0.25) is 0 Å². The van der Waals surface area contributed by atoms with Gasteiger partial charge in [0, 0.05) is 6.08 Å². The highest BCUT2D eigenvalue weighted by Crippen LogP contribution is 2.27. The first-order valence-electron chi connectivity index (χ1n) is 7.43. The Bertz CT molecular complexity index is 630. The van der Waals surface area contributed by atoms with Crippen molar-refractivity contribution in [2.75, 3.05) is 13.7 Å². The highest BCUT2D eigenvalue weighted by Gasteiger charge is 2.45. The number of carbonyl (C=O) groups excluding carboxylic acids is 1. The summed E-state index contributed by atoms with van der Waals surface area (Å²) in [4.78, 5) is 11.9. The summed E-state index contributed by atoms with van der Waals surface area (Å²) < 4.78 is 14.7. The number of benzene rings is 1. The highest BCUT2D eigenvalue weighted by atomic mass is 16.7. The third-order valence-electron chi connectivity index (χ3n) is 3.71. The van der Waals surface area contributed by atoms with E-state index in [4.69, 9.17) is 19.3 Å². The SMILES string of the molecule is COc1cc(/C=C/C(=O)O[C@@H]2[C@@H](O)[C@H](O)[C@@H](CO)O[C@H]2O)ccc1O. The number of ether oxygens (including phenoxy) is 3. The molecule has 1 saturated heterocycles. The molecule has 1 aromatic rings. The number of rotatable bonds is 5. The van der Waals surface area contributed by atoms with Crippen molar-refractivity contribution in [3.63, 3.8) is 0 Å². The van der Waals surface area contributed by atoms with E-state index < -0.39 is 43.3 Å². The molecular weight excluding hydrogens is 336 g/mol. The van der Waals surface area contributed by atoms with Crippen LogP contribution in [0.5, 0.6) is 11.5 Å². The molecule has 9 heteroatoms. The predicted octanol–water partition coefficient (Wildman–Crippen LogP) is -1.24. The molecule has 0 saturated carbocycles. The number of aromatic hydroxyl groups is 1. The maximum Gasteiger partial charge on any atom is 0.331 e. The molecule has 1 aliphatic rings. The molecule has 0 amide bonds. The van der Waals surface area contributed by atoms with Gasteiger partial charge in [-0.05, 0) is 23.8 Å². The Balaban J connectivity index is 2.02. The lowest BCUT2D eigenvalue weighted by molar-refractivity contribution is -0.289. The van der Waals surface area contributed by atoms with Crippen LogP contribution in [-0.4, -0.2) is 75.9 Å². The second-order valence-electron chi connectivity index (χ2n) is 5.39. The summed E-state index contributed by atoms with van der Waals surface area (Å²) in [7, 11) is 1.38. The van der Waals surface area contributed by atoms with Crippen molar-refractivity contribution in [1.29, 1.82) is 0 Å². The smallest absolute Gasteiger partial charge is 0.331 e. The minimum absolute atomic E-state index is 0.0553. The second kappa shape index (κ2) is 8.28. The van der Waals surface area contributed by atoms with Gasteiger partial charge in [-0.25, -0.2) is 4.79 Å².